The van der Waals surface area contributed by atoms with Gasteiger partial charge >= 0.3 is 0 Å². The van der Waals surface area contributed by atoms with E-state index in [1.165, 1.54) is 0 Å². The normalized spacial score (nSPS) is 26.9. The molecule has 0 aromatic heterocycles. The van der Waals surface area contributed by atoms with Crippen molar-refractivity contribution in [3.63, 3.8) is 0 Å². The van der Waals surface area contributed by atoms with Gasteiger partial charge in [0.1, 0.15) is 24.0 Å². The summed E-state index contributed by atoms with van der Waals surface area (Å²) in [7, 11) is -3.88. The number of hydrogen-bond donors (Lipinski definition) is 1. The van der Waals surface area contributed by atoms with Gasteiger partial charge in [-0.3, -0.25) is 0 Å². The molecular formula is C24H30N2O6S. The van der Waals surface area contributed by atoms with Crippen molar-refractivity contribution >= 4 is 15.7 Å². The molecule has 33 heavy (non-hydrogen) atoms. The van der Waals surface area contributed by atoms with E-state index in [4.69, 9.17) is 18.9 Å². The summed E-state index contributed by atoms with van der Waals surface area (Å²) in [5.41, 5.74) is 2.07. The number of aryl methyl sites for hydroxylation is 1. The predicted octanol–water partition coefficient (Wildman–Crippen LogP) is 3.35. The topological polar surface area (TPSA) is 95.5 Å². The molecule has 2 heterocycles. The fourth-order valence-electron chi connectivity index (χ4n) is 3.93. The van der Waals surface area contributed by atoms with Crippen molar-refractivity contribution in [1.29, 1.82) is 0 Å². The van der Waals surface area contributed by atoms with Crippen molar-refractivity contribution in [3.8, 4) is 0 Å². The Labute approximate surface area is 194 Å². The number of nitrogens with one attached hydrogen (secondary N) is 1. The number of ether oxygens (including phenoxy) is 4. The first-order valence-electron chi connectivity index (χ1n) is 10.8. The zero-order valence-corrected chi connectivity index (χ0v) is 20.3. The van der Waals surface area contributed by atoms with Crippen LogP contribution in [0, 0.1) is 6.92 Å². The first kappa shape index (κ1) is 23.8. The minimum atomic E-state index is -3.88. The van der Waals surface area contributed by atoms with Gasteiger partial charge in [0.05, 0.1) is 11.5 Å². The lowest BCUT2D eigenvalue weighted by Crippen LogP contribution is -2.43. The standard InChI is InChI=1S/C24H30N2O6S/c1-16-11-13-18(14-12-16)33(27,28)26-25-20(17-9-7-6-8-10-17)22-21(31-24(4,5)32-22)19-15-29-23(2,3)30-19/h6-14,19,21-22,26H,15H2,1-5H3/b25-20+/t19-,21-,22+/m1/s1. The second kappa shape index (κ2) is 8.81. The zero-order valence-electron chi connectivity index (χ0n) is 19.4. The molecule has 0 spiro atoms. The van der Waals surface area contributed by atoms with Crippen LogP contribution >= 0.6 is 0 Å². The minimum absolute atomic E-state index is 0.124. The maximum Gasteiger partial charge on any atom is 0.276 e. The molecule has 2 aliphatic heterocycles. The highest BCUT2D eigenvalue weighted by atomic mass is 32.2. The predicted molar refractivity (Wildman–Crippen MR) is 123 cm³/mol. The van der Waals surface area contributed by atoms with Crippen LogP contribution < -0.4 is 4.83 Å². The van der Waals surface area contributed by atoms with E-state index in [0.29, 0.717) is 17.9 Å². The fraction of sp³-hybridized carbons (Fsp3) is 0.458. The van der Waals surface area contributed by atoms with Crippen LogP contribution in [-0.4, -0.2) is 50.6 Å². The van der Waals surface area contributed by atoms with E-state index < -0.39 is 39.9 Å². The summed E-state index contributed by atoms with van der Waals surface area (Å²) in [6, 6.07) is 15.8. The summed E-state index contributed by atoms with van der Waals surface area (Å²) in [6.45, 7) is 9.51. The molecule has 2 saturated heterocycles. The molecule has 0 saturated carbocycles. The quantitative estimate of drug-likeness (QED) is 0.510. The van der Waals surface area contributed by atoms with Crippen LogP contribution in [0.2, 0.25) is 0 Å². The Balaban J connectivity index is 1.70. The van der Waals surface area contributed by atoms with Crippen molar-refractivity contribution in [2.75, 3.05) is 6.61 Å². The molecule has 1 N–H and O–H groups in total. The van der Waals surface area contributed by atoms with E-state index in [1.807, 2.05) is 51.1 Å². The number of sulfonamides is 1. The summed E-state index contributed by atoms with van der Waals surface area (Å²) in [4.78, 5) is 2.50. The molecule has 2 aromatic rings. The molecule has 0 bridgehead atoms. The van der Waals surface area contributed by atoms with Crippen LogP contribution in [0.3, 0.4) is 0 Å². The molecule has 3 atom stereocenters. The van der Waals surface area contributed by atoms with Gasteiger partial charge in [0.15, 0.2) is 11.6 Å². The number of rotatable bonds is 6. The number of nitrogens with zero attached hydrogens (tertiary/aromatic N) is 1. The lowest BCUT2D eigenvalue weighted by Gasteiger charge is -2.24. The summed E-state index contributed by atoms with van der Waals surface area (Å²) >= 11 is 0. The van der Waals surface area contributed by atoms with E-state index in [0.717, 1.165) is 5.56 Å². The van der Waals surface area contributed by atoms with Gasteiger partial charge < -0.3 is 18.9 Å². The summed E-state index contributed by atoms with van der Waals surface area (Å²) < 4.78 is 50.0. The monoisotopic (exact) mass is 474 g/mol. The Morgan fingerprint density at radius 2 is 1.61 bits per heavy atom. The van der Waals surface area contributed by atoms with E-state index in [2.05, 4.69) is 9.93 Å². The highest BCUT2D eigenvalue weighted by Gasteiger charge is 2.51. The molecule has 178 valence electrons. The molecule has 0 amide bonds. The second-order valence-electron chi connectivity index (χ2n) is 9.16. The van der Waals surface area contributed by atoms with E-state index in [-0.39, 0.29) is 4.90 Å². The average molecular weight is 475 g/mol. The maximum absolute atomic E-state index is 12.9. The Hall–Kier alpha value is -2.30. The third-order valence-electron chi connectivity index (χ3n) is 5.48. The van der Waals surface area contributed by atoms with Crippen molar-refractivity contribution in [2.24, 2.45) is 5.10 Å². The lowest BCUT2D eigenvalue weighted by molar-refractivity contribution is -0.174. The van der Waals surface area contributed by atoms with Crippen molar-refractivity contribution in [1.82, 2.24) is 4.83 Å². The zero-order chi connectivity index (χ0) is 23.9. The van der Waals surface area contributed by atoms with E-state index >= 15 is 0 Å². The molecule has 2 aromatic carbocycles. The molecule has 0 radical (unpaired) electrons. The number of hydrazone groups is 1. The average Bonchev–Trinajstić information content (AvgIpc) is 3.27. The molecular weight excluding hydrogens is 444 g/mol. The van der Waals surface area contributed by atoms with E-state index in [1.54, 1.807) is 38.1 Å². The van der Waals surface area contributed by atoms with Gasteiger partial charge in [-0.1, -0.05) is 48.0 Å². The Morgan fingerprint density at radius 1 is 0.939 bits per heavy atom. The third kappa shape index (κ3) is 5.44. The molecule has 2 fully saturated rings. The minimum Gasteiger partial charge on any atom is -0.348 e. The van der Waals surface area contributed by atoms with Gasteiger partial charge in [-0.2, -0.15) is 18.4 Å². The SMILES string of the molecule is Cc1ccc(S(=O)(=O)N/N=C(\c2ccccc2)[C@@H]2OC(C)(C)O[C@@H]2[C@H]2COC(C)(C)O2)cc1. The van der Waals surface area contributed by atoms with Gasteiger partial charge in [0, 0.05) is 5.56 Å². The Morgan fingerprint density at radius 3 is 2.21 bits per heavy atom. The van der Waals surface area contributed by atoms with Crippen LogP contribution in [0.1, 0.15) is 38.8 Å². The van der Waals surface area contributed by atoms with Gasteiger partial charge in [-0.15, -0.1) is 0 Å². The van der Waals surface area contributed by atoms with Gasteiger partial charge in [-0.05, 0) is 46.8 Å². The Bertz CT molecular complexity index is 1110. The highest BCUT2D eigenvalue weighted by molar-refractivity contribution is 7.89. The molecule has 0 aliphatic carbocycles. The largest absolute Gasteiger partial charge is 0.348 e. The highest BCUT2D eigenvalue weighted by Crippen LogP contribution is 2.37. The first-order valence-corrected chi connectivity index (χ1v) is 12.3. The maximum atomic E-state index is 12.9. The van der Waals surface area contributed by atoms with Crippen molar-refractivity contribution in [2.45, 2.75) is 69.4 Å². The van der Waals surface area contributed by atoms with Gasteiger partial charge in [-0.25, -0.2) is 0 Å². The molecule has 8 nitrogen and oxygen atoms in total. The Kier molecular flexibility index (Phi) is 6.36. The molecule has 9 heteroatoms. The molecule has 2 aliphatic rings. The fourth-order valence-corrected chi connectivity index (χ4v) is 4.75. The van der Waals surface area contributed by atoms with Crippen LogP contribution in [-0.2, 0) is 29.0 Å². The van der Waals surface area contributed by atoms with Gasteiger partial charge in [0.2, 0.25) is 0 Å². The van der Waals surface area contributed by atoms with Gasteiger partial charge in [0.25, 0.3) is 10.0 Å². The van der Waals surface area contributed by atoms with Crippen LogP contribution in [0.15, 0.2) is 64.6 Å². The number of hydrogen-bond acceptors (Lipinski definition) is 7. The van der Waals surface area contributed by atoms with Crippen molar-refractivity contribution in [3.05, 3.63) is 65.7 Å². The van der Waals surface area contributed by atoms with Crippen molar-refractivity contribution < 1.29 is 27.4 Å². The molecule has 4 rings (SSSR count). The van der Waals surface area contributed by atoms with Crippen LogP contribution in [0.4, 0.5) is 0 Å². The second-order valence-corrected chi connectivity index (χ2v) is 10.8. The smallest absolute Gasteiger partial charge is 0.276 e. The number of benzene rings is 2. The third-order valence-corrected chi connectivity index (χ3v) is 6.71. The van der Waals surface area contributed by atoms with Crippen LogP contribution in [0.5, 0.6) is 0 Å². The first-order chi connectivity index (χ1) is 15.5. The molecule has 0 unspecified atom stereocenters. The lowest BCUT2D eigenvalue weighted by atomic mass is 9.98. The van der Waals surface area contributed by atoms with E-state index in [9.17, 15) is 8.42 Å². The summed E-state index contributed by atoms with van der Waals surface area (Å²) in [6.07, 6.45) is -1.65. The van der Waals surface area contributed by atoms with Crippen LogP contribution in [0.25, 0.3) is 0 Å². The summed E-state index contributed by atoms with van der Waals surface area (Å²) in [5, 5.41) is 4.35. The summed E-state index contributed by atoms with van der Waals surface area (Å²) in [5.74, 6) is -1.67.